The van der Waals surface area contributed by atoms with Gasteiger partial charge in [0, 0.05) is 12.5 Å². The number of nitrogens with two attached hydrogens (primary N) is 1. The normalized spacial score (nSPS) is 22.5. The van der Waals surface area contributed by atoms with E-state index in [0.717, 1.165) is 32.4 Å². The summed E-state index contributed by atoms with van der Waals surface area (Å²) in [6, 6.07) is 2.92. The predicted octanol–water partition coefficient (Wildman–Crippen LogP) is 1.88. The van der Waals surface area contributed by atoms with Crippen LogP contribution in [0.2, 0.25) is 0 Å². The first-order valence-electron chi connectivity index (χ1n) is 6.19. The molecular formula is C12H23N3. The molecule has 1 unspecified atom stereocenters. The van der Waals surface area contributed by atoms with Gasteiger partial charge in [0.25, 0.3) is 0 Å². The van der Waals surface area contributed by atoms with Gasteiger partial charge in [-0.25, -0.2) is 0 Å². The standard InChI is InChI=1S/C12H23N3/c13-8-3-1-4-10-15-11-5-2-6-12(15)7-9-14/h12H,1-7,9-11,14H2. The van der Waals surface area contributed by atoms with Crippen LogP contribution in [0.3, 0.4) is 0 Å². The lowest BCUT2D eigenvalue weighted by atomic mass is 9.99. The van der Waals surface area contributed by atoms with Crippen LogP contribution in [0.25, 0.3) is 0 Å². The summed E-state index contributed by atoms with van der Waals surface area (Å²) in [5, 5.41) is 8.46. The van der Waals surface area contributed by atoms with E-state index in [1.54, 1.807) is 0 Å². The SMILES string of the molecule is N#CCCCCN1CCCCC1CCN. The zero-order valence-corrected chi connectivity index (χ0v) is 9.62. The number of likely N-dealkylation sites (tertiary alicyclic amines) is 1. The quantitative estimate of drug-likeness (QED) is 0.680. The molecule has 0 saturated carbocycles. The van der Waals surface area contributed by atoms with Crippen molar-refractivity contribution in [3.63, 3.8) is 0 Å². The van der Waals surface area contributed by atoms with Crippen LogP contribution in [0.5, 0.6) is 0 Å². The van der Waals surface area contributed by atoms with Gasteiger partial charge in [0.2, 0.25) is 0 Å². The molecule has 1 fully saturated rings. The second-order valence-electron chi connectivity index (χ2n) is 4.38. The first kappa shape index (κ1) is 12.5. The van der Waals surface area contributed by atoms with Crippen LogP contribution >= 0.6 is 0 Å². The maximum atomic E-state index is 8.46. The summed E-state index contributed by atoms with van der Waals surface area (Å²) in [6.45, 7) is 3.20. The van der Waals surface area contributed by atoms with Crippen LogP contribution < -0.4 is 5.73 Å². The molecule has 0 aliphatic carbocycles. The Morgan fingerprint density at radius 2 is 2.20 bits per heavy atom. The number of hydrogen-bond donors (Lipinski definition) is 1. The summed E-state index contributed by atoms with van der Waals surface area (Å²) in [5.74, 6) is 0. The molecule has 2 N–H and O–H groups in total. The summed E-state index contributed by atoms with van der Waals surface area (Å²) in [6.07, 6.45) is 8.05. The molecule has 1 aliphatic rings. The Morgan fingerprint density at radius 3 is 2.93 bits per heavy atom. The van der Waals surface area contributed by atoms with Gasteiger partial charge in [-0.3, -0.25) is 0 Å². The molecule has 0 aromatic carbocycles. The van der Waals surface area contributed by atoms with Gasteiger partial charge >= 0.3 is 0 Å². The molecule has 1 atom stereocenters. The Bertz CT molecular complexity index is 196. The summed E-state index contributed by atoms with van der Waals surface area (Å²) in [7, 11) is 0. The van der Waals surface area contributed by atoms with E-state index >= 15 is 0 Å². The molecule has 86 valence electrons. The van der Waals surface area contributed by atoms with E-state index in [4.69, 9.17) is 11.0 Å². The molecule has 0 bridgehead atoms. The molecule has 0 aromatic rings. The van der Waals surface area contributed by atoms with Crippen molar-refractivity contribution in [2.24, 2.45) is 5.73 Å². The second kappa shape index (κ2) is 7.67. The molecule has 1 heterocycles. The number of rotatable bonds is 6. The molecule has 3 nitrogen and oxygen atoms in total. The molecule has 3 heteroatoms. The predicted molar refractivity (Wildman–Crippen MR) is 62.3 cm³/mol. The molecule has 0 radical (unpaired) electrons. The van der Waals surface area contributed by atoms with E-state index in [1.165, 1.54) is 25.8 Å². The largest absolute Gasteiger partial charge is 0.330 e. The fraction of sp³-hybridized carbons (Fsp3) is 0.917. The minimum atomic E-state index is 0.704. The molecule has 1 aliphatic heterocycles. The third-order valence-electron chi connectivity index (χ3n) is 3.23. The first-order valence-corrected chi connectivity index (χ1v) is 6.19. The summed E-state index contributed by atoms with van der Waals surface area (Å²) >= 11 is 0. The highest BCUT2D eigenvalue weighted by Gasteiger charge is 2.20. The second-order valence-corrected chi connectivity index (χ2v) is 4.38. The van der Waals surface area contributed by atoms with E-state index < -0.39 is 0 Å². The number of nitrogens with zero attached hydrogens (tertiary/aromatic N) is 2. The first-order chi connectivity index (χ1) is 7.38. The molecule has 15 heavy (non-hydrogen) atoms. The van der Waals surface area contributed by atoms with Crippen molar-refractivity contribution in [3.8, 4) is 6.07 Å². The van der Waals surface area contributed by atoms with Gasteiger partial charge in [0.15, 0.2) is 0 Å². The van der Waals surface area contributed by atoms with Crippen molar-refractivity contribution in [1.29, 1.82) is 5.26 Å². The average molecular weight is 209 g/mol. The van der Waals surface area contributed by atoms with Crippen LogP contribution in [0.4, 0.5) is 0 Å². The highest BCUT2D eigenvalue weighted by Crippen LogP contribution is 2.19. The third kappa shape index (κ3) is 4.63. The van der Waals surface area contributed by atoms with Crippen molar-refractivity contribution in [3.05, 3.63) is 0 Å². The molecule has 0 aromatic heterocycles. The number of piperidine rings is 1. The Balaban J connectivity index is 2.20. The van der Waals surface area contributed by atoms with Crippen LogP contribution in [0.1, 0.15) is 44.9 Å². The van der Waals surface area contributed by atoms with E-state index in [2.05, 4.69) is 11.0 Å². The number of hydrogen-bond acceptors (Lipinski definition) is 3. The topological polar surface area (TPSA) is 53.0 Å². The minimum absolute atomic E-state index is 0.704. The van der Waals surface area contributed by atoms with Gasteiger partial charge in [-0.2, -0.15) is 5.26 Å². The lowest BCUT2D eigenvalue weighted by molar-refractivity contribution is 0.140. The van der Waals surface area contributed by atoms with Crippen molar-refractivity contribution in [2.45, 2.75) is 51.0 Å². The lowest BCUT2D eigenvalue weighted by Gasteiger charge is -2.35. The van der Waals surface area contributed by atoms with Gasteiger partial charge in [-0.15, -0.1) is 0 Å². The van der Waals surface area contributed by atoms with Crippen LogP contribution in [0.15, 0.2) is 0 Å². The molecule has 0 amide bonds. The van der Waals surface area contributed by atoms with Crippen LogP contribution in [0, 0.1) is 11.3 Å². The maximum Gasteiger partial charge on any atom is 0.0621 e. The molecule has 0 spiro atoms. The van der Waals surface area contributed by atoms with E-state index in [9.17, 15) is 0 Å². The highest BCUT2D eigenvalue weighted by atomic mass is 15.2. The third-order valence-corrected chi connectivity index (χ3v) is 3.23. The fourth-order valence-corrected chi connectivity index (χ4v) is 2.39. The summed E-state index contributed by atoms with van der Waals surface area (Å²) < 4.78 is 0. The molecular weight excluding hydrogens is 186 g/mol. The maximum absolute atomic E-state index is 8.46. The van der Waals surface area contributed by atoms with Crippen molar-refractivity contribution in [2.75, 3.05) is 19.6 Å². The van der Waals surface area contributed by atoms with E-state index in [1.807, 2.05) is 0 Å². The monoisotopic (exact) mass is 209 g/mol. The minimum Gasteiger partial charge on any atom is -0.330 e. The van der Waals surface area contributed by atoms with Crippen molar-refractivity contribution in [1.82, 2.24) is 4.90 Å². The van der Waals surface area contributed by atoms with Gasteiger partial charge in [0.05, 0.1) is 6.07 Å². The Kier molecular flexibility index (Phi) is 6.38. The average Bonchev–Trinajstić information content (AvgIpc) is 2.27. The van der Waals surface area contributed by atoms with E-state index in [0.29, 0.717) is 12.5 Å². The Hall–Kier alpha value is -0.590. The molecule has 1 saturated heterocycles. The van der Waals surface area contributed by atoms with E-state index in [-0.39, 0.29) is 0 Å². The van der Waals surface area contributed by atoms with Crippen LogP contribution in [-0.4, -0.2) is 30.6 Å². The van der Waals surface area contributed by atoms with Gasteiger partial charge in [0.1, 0.15) is 0 Å². The van der Waals surface area contributed by atoms with Gasteiger partial charge < -0.3 is 10.6 Å². The molecule has 1 rings (SSSR count). The van der Waals surface area contributed by atoms with Crippen LogP contribution in [-0.2, 0) is 0 Å². The zero-order valence-electron chi connectivity index (χ0n) is 9.62. The number of unbranched alkanes of at least 4 members (excludes halogenated alkanes) is 2. The van der Waals surface area contributed by atoms with Crippen molar-refractivity contribution < 1.29 is 0 Å². The van der Waals surface area contributed by atoms with Gasteiger partial charge in [-0.05, 0) is 51.7 Å². The Morgan fingerprint density at radius 1 is 1.33 bits per heavy atom. The smallest absolute Gasteiger partial charge is 0.0621 e. The van der Waals surface area contributed by atoms with Gasteiger partial charge in [-0.1, -0.05) is 6.42 Å². The highest BCUT2D eigenvalue weighted by molar-refractivity contribution is 4.77. The lowest BCUT2D eigenvalue weighted by Crippen LogP contribution is -2.41. The zero-order chi connectivity index (χ0) is 10.9. The van der Waals surface area contributed by atoms with Crippen molar-refractivity contribution >= 4 is 0 Å². The fourth-order valence-electron chi connectivity index (χ4n) is 2.39. The Labute approximate surface area is 93.2 Å². The summed E-state index contributed by atoms with van der Waals surface area (Å²) in [4.78, 5) is 2.58. The number of nitriles is 1. The summed E-state index contributed by atoms with van der Waals surface area (Å²) in [5.41, 5.74) is 5.63.